The van der Waals surface area contributed by atoms with Crippen molar-refractivity contribution in [2.24, 2.45) is 10.7 Å². The number of nitrogens with zero attached hydrogens (tertiary/aromatic N) is 2. The molecule has 0 unspecified atom stereocenters. The van der Waals surface area contributed by atoms with E-state index in [1.807, 2.05) is 6.07 Å². The van der Waals surface area contributed by atoms with Crippen LogP contribution in [0, 0.1) is 11.6 Å². The lowest BCUT2D eigenvalue weighted by Crippen LogP contribution is -2.30. The van der Waals surface area contributed by atoms with Crippen LogP contribution in [0.5, 0.6) is 11.5 Å². The van der Waals surface area contributed by atoms with Gasteiger partial charge in [-0.05, 0) is 37.6 Å². The minimum absolute atomic E-state index is 0.0467. The molecule has 2 aromatic heterocycles. The van der Waals surface area contributed by atoms with Gasteiger partial charge in [0.2, 0.25) is 0 Å². The number of aromatic amines is 1. The highest BCUT2D eigenvalue weighted by Crippen LogP contribution is 2.34. The number of piperidine rings is 1. The van der Waals surface area contributed by atoms with Crippen LogP contribution in [0.25, 0.3) is 16.6 Å². The van der Waals surface area contributed by atoms with Gasteiger partial charge in [-0.15, -0.1) is 0 Å². The number of benzene rings is 1. The van der Waals surface area contributed by atoms with E-state index in [0.717, 1.165) is 25.9 Å². The number of fused-ring (bicyclic) bond motifs is 1. The average Bonchev–Trinajstić information content (AvgIpc) is 3.25. The number of methoxy groups -OCH3 is 2. The molecule has 0 amide bonds. The standard InChI is InChI=1S/C24H26ClF2N5O2/c1-33-19-9-20(34-2)22(27)17(21(19)26)8-13-11-30-24-16(13)7-14(12-31-24)18(10-28)23(25)32-15-3-5-29-6-4-15/h7,9-12,15,29H,3-6,8,28H2,1-2H3,(H,30,31). The van der Waals surface area contributed by atoms with Crippen molar-refractivity contribution >= 4 is 33.4 Å². The number of aromatic nitrogens is 2. The topological polar surface area (TPSA) is 97.5 Å². The number of rotatable bonds is 7. The molecule has 1 aliphatic heterocycles. The molecule has 3 heterocycles. The zero-order valence-corrected chi connectivity index (χ0v) is 19.7. The van der Waals surface area contributed by atoms with Gasteiger partial charge in [-0.3, -0.25) is 4.99 Å². The summed E-state index contributed by atoms with van der Waals surface area (Å²) in [7, 11) is 2.63. The highest BCUT2D eigenvalue weighted by atomic mass is 35.5. The summed E-state index contributed by atoms with van der Waals surface area (Å²) >= 11 is 6.54. The van der Waals surface area contributed by atoms with Crippen LogP contribution in [0.4, 0.5) is 8.78 Å². The fourth-order valence-electron chi connectivity index (χ4n) is 4.08. The lowest BCUT2D eigenvalue weighted by atomic mass is 10.0. The summed E-state index contributed by atoms with van der Waals surface area (Å²) in [6.07, 6.45) is 6.45. The van der Waals surface area contributed by atoms with Gasteiger partial charge in [0.15, 0.2) is 23.1 Å². The minimum Gasteiger partial charge on any atom is -0.494 e. The van der Waals surface area contributed by atoms with Crippen LogP contribution in [-0.2, 0) is 6.42 Å². The Labute approximate surface area is 201 Å². The predicted octanol–water partition coefficient (Wildman–Crippen LogP) is 4.14. The third kappa shape index (κ3) is 4.71. The predicted molar refractivity (Wildman–Crippen MR) is 130 cm³/mol. The van der Waals surface area contributed by atoms with Gasteiger partial charge in [-0.25, -0.2) is 13.8 Å². The number of pyridine rings is 1. The number of H-pyrrole nitrogens is 1. The van der Waals surface area contributed by atoms with Crippen molar-refractivity contribution in [3.8, 4) is 11.5 Å². The maximum absolute atomic E-state index is 14.9. The van der Waals surface area contributed by atoms with E-state index in [1.165, 1.54) is 26.5 Å². The van der Waals surface area contributed by atoms with Crippen LogP contribution in [0.2, 0.25) is 0 Å². The molecule has 1 fully saturated rings. The fourth-order valence-corrected chi connectivity index (χ4v) is 4.39. The summed E-state index contributed by atoms with van der Waals surface area (Å²) in [5.41, 5.74) is 8.13. The molecule has 34 heavy (non-hydrogen) atoms. The molecule has 1 aromatic carbocycles. The molecule has 0 bridgehead atoms. The summed E-state index contributed by atoms with van der Waals surface area (Å²) in [5.74, 6) is -1.75. The summed E-state index contributed by atoms with van der Waals surface area (Å²) < 4.78 is 39.9. The molecule has 3 aromatic rings. The molecule has 0 spiro atoms. The largest absolute Gasteiger partial charge is 0.494 e. The third-order valence-corrected chi connectivity index (χ3v) is 6.25. The smallest absolute Gasteiger partial charge is 0.171 e. The normalized spacial score (nSPS) is 15.7. The Morgan fingerprint density at radius 1 is 1.21 bits per heavy atom. The summed E-state index contributed by atoms with van der Waals surface area (Å²) in [6.45, 7) is 1.78. The van der Waals surface area contributed by atoms with Crippen molar-refractivity contribution in [2.45, 2.75) is 25.3 Å². The number of ether oxygens (including phenoxy) is 2. The molecule has 7 nitrogen and oxygen atoms in total. The van der Waals surface area contributed by atoms with Crippen molar-refractivity contribution in [2.75, 3.05) is 27.3 Å². The van der Waals surface area contributed by atoms with E-state index in [4.69, 9.17) is 26.8 Å². The quantitative estimate of drug-likeness (QED) is 0.433. The summed E-state index contributed by atoms with van der Waals surface area (Å²) in [6, 6.07) is 3.14. The number of nitrogens with two attached hydrogens (primary N) is 1. The lowest BCUT2D eigenvalue weighted by molar-refractivity contribution is 0.354. The molecule has 10 heteroatoms. The van der Waals surface area contributed by atoms with Crippen molar-refractivity contribution in [1.29, 1.82) is 0 Å². The highest BCUT2D eigenvalue weighted by Gasteiger charge is 2.22. The molecular weight excluding hydrogens is 464 g/mol. The Hall–Kier alpha value is -3.17. The molecule has 0 aliphatic carbocycles. The molecule has 4 rings (SSSR count). The maximum Gasteiger partial charge on any atom is 0.171 e. The Morgan fingerprint density at radius 3 is 2.50 bits per heavy atom. The number of hydrogen-bond acceptors (Lipinski definition) is 6. The first kappa shape index (κ1) is 24.0. The molecule has 0 atom stereocenters. The van der Waals surface area contributed by atoms with Crippen molar-refractivity contribution in [1.82, 2.24) is 15.3 Å². The Kier molecular flexibility index (Phi) is 7.33. The average molecular weight is 490 g/mol. The number of halogens is 3. The van der Waals surface area contributed by atoms with E-state index < -0.39 is 11.6 Å². The van der Waals surface area contributed by atoms with Crippen LogP contribution < -0.4 is 20.5 Å². The number of aliphatic imine (C=N–C) groups is 1. The van der Waals surface area contributed by atoms with E-state index in [2.05, 4.69) is 20.3 Å². The van der Waals surface area contributed by atoms with Crippen LogP contribution in [0.15, 0.2) is 35.7 Å². The minimum atomic E-state index is -0.779. The van der Waals surface area contributed by atoms with Crippen molar-refractivity contribution in [3.63, 3.8) is 0 Å². The maximum atomic E-state index is 14.9. The zero-order valence-electron chi connectivity index (χ0n) is 18.9. The second kappa shape index (κ2) is 10.4. The molecular formula is C24H26ClF2N5O2. The lowest BCUT2D eigenvalue weighted by Gasteiger charge is -2.19. The van der Waals surface area contributed by atoms with Gasteiger partial charge in [0.1, 0.15) is 10.8 Å². The summed E-state index contributed by atoms with van der Waals surface area (Å²) in [5, 5.41) is 4.29. The van der Waals surface area contributed by atoms with Crippen LogP contribution in [0.3, 0.4) is 0 Å². The molecule has 0 saturated carbocycles. The Balaban J connectivity index is 1.70. The number of allylic oxidation sites excluding steroid dienone is 1. The first-order chi connectivity index (χ1) is 16.5. The second-order valence-corrected chi connectivity index (χ2v) is 8.34. The SMILES string of the molecule is COc1cc(OC)c(F)c(Cc2c[nH]c3ncc(C(=CN)C(Cl)=NC4CCNCC4)cc23)c1F. The molecule has 1 aliphatic rings. The van der Waals surface area contributed by atoms with Gasteiger partial charge in [0.05, 0.1) is 20.3 Å². The van der Waals surface area contributed by atoms with Crippen molar-refractivity contribution < 1.29 is 18.3 Å². The molecule has 180 valence electrons. The molecule has 0 radical (unpaired) electrons. The van der Waals surface area contributed by atoms with Crippen LogP contribution in [0.1, 0.15) is 29.5 Å². The Morgan fingerprint density at radius 2 is 1.88 bits per heavy atom. The van der Waals surface area contributed by atoms with Gasteiger partial charge in [-0.1, -0.05) is 11.6 Å². The van der Waals surface area contributed by atoms with Gasteiger partial charge in [0, 0.05) is 53.2 Å². The van der Waals surface area contributed by atoms with Crippen LogP contribution >= 0.6 is 11.6 Å². The number of nitrogens with one attached hydrogen (secondary N) is 2. The van der Waals surface area contributed by atoms with Gasteiger partial charge in [0.25, 0.3) is 0 Å². The highest BCUT2D eigenvalue weighted by molar-refractivity contribution is 6.76. The zero-order chi connectivity index (χ0) is 24.2. The monoisotopic (exact) mass is 489 g/mol. The van der Waals surface area contributed by atoms with E-state index in [9.17, 15) is 8.78 Å². The van der Waals surface area contributed by atoms with E-state index in [0.29, 0.717) is 32.9 Å². The van der Waals surface area contributed by atoms with Gasteiger partial charge in [-0.2, -0.15) is 0 Å². The van der Waals surface area contributed by atoms with Crippen molar-refractivity contribution in [3.05, 3.63) is 59.1 Å². The van der Waals surface area contributed by atoms with E-state index >= 15 is 0 Å². The van der Waals surface area contributed by atoms with E-state index in [-0.39, 0.29) is 29.5 Å². The van der Waals surface area contributed by atoms with Gasteiger partial charge >= 0.3 is 0 Å². The molecule has 1 saturated heterocycles. The third-order valence-electron chi connectivity index (χ3n) is 5.95. The van der Waals surface area contributed by atoms with Crippen LogP contribution in [-0.4, -0.2) is 48.5 Å². The second-order valence-electron chi connectivity index (χ2n) is 7.98. The van der Waals surface area contributed by atoms with Gasteiger partial charge < -0.3 is 25.5 Å². The number of hydrogen-bond donors (Lipinski definition) is 3. The summed E-state index contributed by atoms with van der Waals surface area (Å²) in [4.78, 5) is 12.1. The fraction of sp³-hybridized carbons (Fsp3) is 0.333. The first-order valence-electron chi connectivity index (χ1n) is 10.9. The first-order valence-corrected chi connectivity index (χ1v) is 11.3. The Bertz CT molecular complexity index is 1220. The van der Waals surface area contributed by atoms with E-state index in [1.54, 1.807) is 12.4 Å². The molecule has 4 N–H and O–H groups in total.